The van der Waals surface area contributed by atoms with E-state index in [0.717, 1.165) is 18.7 Å². The maximum absolute atomic E-state index is 11.9. The van der Waals surface area contributed by atoms with Crippen LogP contribution in [0.25, 0.3) is 6.08 Å². The van der Waals surface area contributed by atoms with Gasteiger partial charge in [-0.3, -0.25) is 10.1 Å². The third-order valence-electron chi connectivity index (χ3n) is 4.59. The van der Waals surface area contributed by atoms with Crippen molar-refractivity contribution in [2.75, 3.05) is 18.0 Å². The molecular formula is C22H31N3O4. The fourth-order valence-corrected chi connectivity index (χ4v) is 3.07. The van der Waals surface area contributed by atoms with Gasteiger partial charge in [-0.25, -0.2) is 9.59 Å². The third-order valence-corrected chi connectivity index (χ3v) is 4.59. The summed E-state index contributed by atoms with van der Waals surface area (Å²) in [6.45, 7) is 7.13. The molecule has 0 aliphatic carbocycles. The highest BCUT2D eigenvalue weighted by atomic mass is 16.5. The lowest BCUT2D eigenvalue weighted by Crippen LogP contribution is -2.46. The normalized spacial score (nSPS) is 15.7. The Morgan fingerprint density at radius 1 is 1.00 bits per heavy atom. The van der Waals surface area contributed by atoms with E-state index >= 15 is 0 Å². The Labute approximate surface area is 172 Å². The zero-order valence-electron chi connectivity index (χ0n) is 17.4. The number of esters is 1. The molecule has 7 nitrogen and oxygen atoms in total. The number of imide groups is 1. The smallest absolute Gasteiger partial charge is 0.331 e. The lowest BCUT2D eigenvalue weighted by Gasteiger charge is -2.22. The van der Waals surface area contributed by atoms with Crippen LogP contribution in [-0.2, 0) is 14.3 Å². The molecule has 1 heterocycles. The monoisotopic (exact) mass is 401 g/mol. The van der Waals surface area contributed by atoms with Crippen molar-refractivity contribution in [3.8, 4) is 0 Å². The topological polar surface area (TPSA) is 87.7 Å². The van der Waals surface area contributed by atoms with Crippen LogP contribution in [0.1, 0.15) is 52.0 Å². The zero-order chi connectivity index (χ0) is 21.2. The van der Waals surface area contributed by atoms with Crippen LogP contribution in [0.2, 0.25) is 0 Å². The lowest BCUT2D eigenvalue weighted by atomic mass is 10.1. The second kappa shape index (κ2) is 11.2. The zero-order valence-corrected chi connectivity index (χ0v) is 17.4. The van der Waals surface area contributed by atoms with Crippen molar-refractivity contribution >= 4 is 29.7 Å². The molecule has 158 valence electrons. The van der Waals surface area contributed by atoms with Crippen molar-refractivity contribution in [1.82, 2.24) is 10.6 Å². The summed E-state index contributed by atoms with van der Waals surface area (Å²) in [4.78, 5) is 37.7. The van der Waals surface area contributed by atoms with Gasteiger partial charge in [-0.2, -0.15) is 0 Å². The number of nitrogens with zero attached hydrogens (tertiary/aromatic N) is 1. The minimum absolute atomic E-state index is 0.102. The Bertz CT molecular complexity index is 720. The van der Waals surface area contributed by atoms with Crippen molar-refractivity contribution in [1.29, 1.82) is 0 Å². The lowest BCUT2D eigenvalue weighted by molar-refractivity contribution is -0.149. The molecule has 7 heteroatoms. The molecule has 1 aliphatic heterocycles. The summed E-state index contributed by atoms with van der Waals surface area (Å²) in [5, 5.41) is 4.67. The predicted molar refractivity (Wildman–Crippen MR) is 114 cm³/mol. The van der Waals surface area contributed by atoms with Gasteiger partial charge in [0.25, 0.3) is 5.91 Å². The van der Waals surface area contributed by atoms with Crippen molar-refractivity contribution < 1.29 is 19.1 Å². The SMILES string of the molecule is CC(C)NC(=O)NC(=O)[C@@H](C)OC(=O)/C=C/c1ccc(N2CCCCCC2)cc1. The third kappa shape index (κ3) is 7.97. The molecule has 0 unspecified atom stereocenters. The van der Waals surface area contributed by atoms with Gasteiger partial charge >= 0.3 is 12.0 Å². The van der Waals surface area contributed by atoms with Gasteiger partial charge in [-0.05, 0) is 57.4 Å². The summed E-state index contributed by atoms with van der Waals surface area (Å²) in [5.41, 5.74) is 2.06. The van der Waals surface area contributed by atoms with Gasteiger partial charge in [-0.15, -0.1) is 0 Å². The summed E-state index contributed by atoms with van der Waals surface area (Å²) < 4.78 is 5.05. The van der Waals surface area contributed by atoms with E-state index in [0.29, 0.717) is 0 Å². The number of hydrogen-bond donors (Lipinski definition) is 2. The molecule has 1 aromatic rings. The van der Waals surface area contributed by atoms with Crippen molar-refractivity contribution in [3.05, 3.63) is 35.9 Å². The standard InChI is InChI=1S/C22H31N3O4/c1-16(2)23-22(28)24-21(27)17(3)29-20(26)13-10-18-8-11-19(12-9-18)25-14-6-4-5-7-15-25/h8-13,16-17H,4-7,14-15H2,1-3H3,(H2,23,24,27,28)/b13-10+/t17-/m1/s1. The van der Waals surface area contributed by atoms with Gasteiger partial charge in [0.05, 0.1) is 0 Å². The first-order valence-corrected chi connectivity index (χ1v) is 10.2. The first-order chi connectivity index (χ1) is 13.8. The first kappa shape index (κ1) is 22.5. The fourth-order valence-electron chi connectivity index (χ4n) is 3.07. The van der Waals surface area contributed by atoms with E-state index < -0.39 is 24.0 Å². The summed E-state index contributed by atoms with van der Waals surface area (Å²) in [6.07, 6.45) is 6.87. The van der Waals surface area contributed by atoms with Crippen molar-refractivity contribution in [3.63, 3.8) is 0 Å². The number of amides is 3. The summed E-state index contributed by atoms with van der Waals surface area (Å²) in [6, 6.07) is 7.30. The van der Waals surface area contributed by atoms with Crippen LogP contribution in [0.4, 0.5) is 10.5 Å². The van der Waals surface area contributed by atoms with Gasteiger partial charge in [0.15, 0.2) is 6.10 Å². The van der Waals surface area contributed by atoms with E-state index in [9.17, 15) is 14.4 Å². The maximum atomic E-state index is 11.9. The molecule has 0 spiro atoms. The van der Waals surface area contributed by atoms with Crippen LogP contribution in [0.5, 0.6) is 0 Å². The van der Waals surface area contributed by atoms with E-state index in [-0.39, 0.29) is 6.04 Å². The largest absolute Gasteiger partial charge is 0.449 e. The molecule has 3 amide bonds. The Balaban J connectivity index is 1.83. The van der Waals surface area contributed by atoms with Crippen LogP contribution in [0.3, 0.4) is 0 Å². The van der Waals surface area contributed by atoms with Gasteiger partial charge in [0.1, 0.15) is 0 Å². The fraction of sp³-hybridized carbons (Fsp3) is 0.500. The molecule has 1 atom stereocenters. The van der Waals surface area contributed by atoms with Crippen LogP contribution in [0.15, 0.2) is 30.3 Å². The number of nitrogens with one attached hydrogen (secondary N) is 2. The number of urea groups is 1. The first-order valence-electron chi connectivity index (χ1n) is 10.2. The van der Waals surface area contributed by atoms with Crippen molar-refractivity contribution in [2.45, 2.75) is 58.6 Å². The molecular weight excluding hydrogens is 370 g/mol. The van der Waals surface area contributed by atoms with E-state index in [1.807, 2.05) is 12.1 Å². The number of rotatable bonds is 6. The van der Waals surface area contributed by atoms with Gasteiger partial charge in [-0.1, -0.05) is 25.0 Å². The molecule has 1 fully saturated rings. The average Bonchev–Trinajstić information content (AvgIpc) is 2.95. The Kier molecular flexibility index (Phi) is 8.70. The minimum atomic E-state index is -1.07. The number of anilines is 1. The molecule has 1 aromatic carbocycles. The van der Waals surface area contributed by atoms with Gasteiger partial charge in [0, 0.05) is 30.9 Å². The van der Waals surface area contributed by atoms with E-state index in [4.69, 9.17) is 4.74 Å². The highest BCUT2D eigenvalue weighted by Gasteiger charge is 2.19. The molecule has 0 aromatic heterocycles. The molecule has 0 radical (unpaired) electrons. The van der Waals surface area contributed by atoms with Crippen molar-refractivity contribution in [2.24, 2.45) is 0 Å². The molecule has 2 rings (SSSR count). The Morgan fingerprint density at radius 3 is 2.21 bits per heavy atom. The number of hydrogen-bond acceptors (Lipinski definition) is 5. The second-order valence-corrected chi connectivity index (χ2v) is 7.52. The van der Waals surface area contributed by atoms with Gasteiger partial charge in [0.2, 0.25) is 0 Å². The molecule has 2 N–H and O–H groups in total. The summed E-state index contributed by atoms with van der Waals surface area (Å²) >= 11 is 0. The highest BCUT2D eigenvalue weighted by molar-refractivity contribution is 5.98. The number of ether oxygens (including phenoxy) is 1. The number of carbonyl (C=O) groups is 3. The molecule has 1 saturated heterocycles. The Morgan fingerprint density at radius 2 is 1.62 bits per heavy atom. The summed E-state index contributed by atoms with van der Waals surface area (Å²) in [5.74, 6) is -1.32. The van der Waals surface area contributed by atoms with Crippen LogP contribution < -0.4 is 15.5 Å². The minimum Gasteiger partial charge on any atom is -0.449 e. The summed E-state index contributed by atoms with van der Waals surface area (Å²) in [7, 11) is 0. The highest BCUT2D eigenvalue weighted by Crippen LogP contribution is 2.20. The molecule has 0 bridgehead atoms. The number of benzene rings is 1. The van der Waals surface area contributed by atoms with Crippen LogP contribution in [0, 0.1) is 0 Å². The van der Waals surface area contributed by atoms with Crippen LogP contribution >= 0.6 is 0 Å². The maximum Gasteiger partial charge on any atom is 0.331 e. The predicted octanol–water partition coefficient (Wildman–Crippen LogP) is 3.25. The van der Waals surface area contributed by atoms with E-state index in [1.54, 1.807) is 19.9 Å². The van der Waals surface area contributed by atoms with Crippen LogP contribution in [-0.4, -0.2) is 43.1 Å². The Hall–Kier alpha value is -2.83. The molecule has 0 saturated carbocycles. The second-order valence-electron chi connectivity index (χ2n) is 7.52. The molecule has 1 aliphatic rings. The number of carbonyl (C=O) groups excluding carboxylic acids is 3. The van der Waals surface area contributed by atoms with E-state index in [1.165, 1.54) is 44.4 Å². The van der Waals surface area contributed by atoms with E-state index in [2.05, 4.69) is 27.7 Å². The average molecular weight is 402 g/mol. The molecule has 29 heavy (non-hydrogen) atoms. The van der Waals surface area contributed by atoms with Gasteiger partial charge < -0.3 is 15.0 Å². The quantitative estimate of drug-likeness (QED) is 0.564.